The van der Waals surface area contributed by atoms with E-state index < -0.39 is 12.0 Å². The number of unbranched alkanes of at least 4 members (excludes halogenated alkanes) is 4. The van der Waals surface area contributed by atoms with Gasteiger partial charge in [0.1, 0.15) is 6.04 Å². The van der Waals surface area contributed by atoms with Crippen LogP contribution in [0, 0.1) is 0 Å². The van der Waals surface area contributed by atoms with Crippen molar-refractivity contribution in [2.45, 2.75) is 91.0 Å². The van der Waals surface area contributed by atoms with Crippen molar-refractivity contribution in [2.24, 2.45) is 0 Å². The van der Waals surface area contributed by atoms with Crippen molar-refractivity contribution >= 4 is 17.8 Å². The number of amides is 2. The highest BCUT2D eigenvalue weighted by Crippen LogP contribution is 2.14. The van der Waals surface area contributed by atoms with Crippen molar-refractivity contribution in [3.05, 3.63) is 35.9 Å². The number of carboxylic acid groups (broad SMARTS) is 1. The fraction of sp³-hybridized carbons (Fsp3) is 0.654. The Bertz CT molecular complexity index is 678. The number of carboxylic acids is 1. The number of hydrogen-bond acceptors (Lipinski definition) is 3. The van der Waals surface area contributed by atoms with Crippen molar-refractivity contribution in [1.82, 2.24) is 9.80 Å². The first-order chi connectivity index (χ1) is 15.4. The van der Waals surface area contributed by atoms with E-state index in [4.69, 9.17) is 0 Å². The van der Waals surface area contributed by atoms with Gasteiger partial charge in [-0.2, -0.15) is 0 Å². The molecule has 32 heavy (non-hydrogen) atoms. The second-order valence-corrected chi connectivity index (χ2v) is 8.43. The summed E-state index contributed by atoms with van der Waals surface area (Å²) in [6, 6.07) is 8.49. The number of nitrogens with zero attached hydrogens (tertiary/aromatic N) is 2. The topological polar surface area (TPSA) is 77.9 Å². The standard InChI is InChI=1S/C26H42N2O4/c1-4-7-8-9-13-16-24(29)27(18-5-2)20-17-25(30)28(19-6-3)23(26(31)32)21-22-14-11-10-12-15-22/h10-12,14-15,23H,4-9,13,16-21H2,1-3H3,(H,31,32)/t23-/m0/s1. The van der Waals surface area contributed by atoms with Crippen molar-refractivity contribution in [3.63, 3.8) is 0 Å². The quantitative estimate of drug-likeness (QED) is 0.345. The van der Waals surface area contributed by atoms with Gasteiger partial charge in [-0.1, -0.05) is 76.8 Å². The first kappa shape index (κ1) is 27.7. The molecule has 0 spiro atoms. The fourth-order valence-corrected chi connectivity index (χ4v) is 3.91. The van der Waals surface area contributed by atoms with Gasteiger partial charge in [-0.25, -0.2) is 4.79 Å². The first-order valence-electron chi connectivity index (χ1n) is 12.3. The first-order valence-corrected chi connectivity index (χ1v) is 12.3. The van der Waals surface area contributed by atoms with Crippen LogP contribution in [0.3, 0.4) is 0 Å². The summed E-state index contributed by atoms with van der Waals surface area (Å²) in [7, 11) is 0. The molecule has 0 heterocycles. The highest BCUT2D eigenvalue weighted by Gasteiger charge is 2.29. The fourth-order valence-electron chi connectivity index (χ4n) is 3.91. The Balaban J connectivity index is 2.74. The Morgan fingerprint density at radius 3 is 2.03 bits per heavy atom. The molecule has 1 rings (SSSR count). The zero-order valence-corrected chi connectivity index (χ0v) is 20.2. The molecule has 0 bridgehead atoms. The van der Waals surface area contributed by atoms with Crippen LogP contribution in [0.15, 0.2) is 30.3 Å². The molecule has 0 aliphatic carbocycles. The molecule has 2 amide bonds. The molecule has 1 aromatic rings. The third kappa shape index (κ3) is 10.3. The number of carbonyl (C=O) groups is 3. The zero-order chi connectivity index (χ0) is 23.8. The number of carbonyl (C=O) groups excluding carboxylic acids is 2. The largest absolute Gasteiger partial charge is 0.480 e. The van der Waals surface area contributed by atoms with Crippen molar-refractivity contribution in [1.29, 1.82) is 0 Å². The van der Waals surface area contributed by atoms with Crippen LogP contribution in [-0.4, -0.2) is 58.4 Å². The average Bonchev–Trinajstić information content (AvgIpc) is 2.79. The lowest BCUT2D eigenvalue weighted by molar-refractivity contribution is -0.150. The van der Waals surface area contributed by atoms with E-state index in [2.05, 4.69) is 6.92 Å². The number of rotatable bonds is 17. The van der Waals surface area contributed by atoms with E-state index >= 15 is 0 Å². The zero-order valence-electron chi connectivity index (χ0n) is 20.2. The van der Waals surface area contributed by atoms with E-state index in [1.807, 2.05) is 44.2 Å². The minimum absolute atomic E-state index is 0.0947. The minimum atomic E-state index is -0.996. The monoisotopic (exact) mass is 446 g/mol. The molecule has 0 aromatic heterocycles. The van der Waals surface area contributed by atoms with Gasteiger partial charge in [0.05, 0.1) is 0 Å². The molecule has 6 nitrogen and oxygen atoms in total. The molecule has 0 saturated carbocycles. The molecule has 0 radical (unpaired) electrons. The van der Waals surface area contributed by atoms with Crippen LogP contribution in [0.2, 0.25) is 0 Å². The lowest BCUT2D eigenvalue weighted by Gasteiger charge is -2.30. The second kappa shape index (κ2) is 16.3. The highest BCUT2D eigenvalue weighted by atomic mass is 16.4. The summed E-state index contributed by atoms with van der Waals surface area (Å²) in [6.45, 7) is 7.49. The van der Waals surface area contributed by atoms with E-state index in [9.17, 15) is 19.5 Å². The molecule has 1 N–H and O–H groups in total. The molecule has 6 heteroatoms. The van der Waals surface area contributed by atoms with Crippen LogP contribution in [0.4, 0.5) is 0 Å². The average molecular weight is 447 g/mol. The van der Waals surface area contributed by atoms with Crippen molar-refractivity contribution in [2.75, 3.05) is 19.6 Å². The Kier molecular flexibility index (Phi) is 14.1. The molecule has 180 valence electrons. The molecule has 0 unspecified atom stereocenters. The Morgan fingerprint density at radius 1 is 0.781 bits per heavy atom. The summed E-state index contributed by atoms with van der Waals surface area (Å²) in [6.07, 6.45) is 7.92. The van der Waals surface area contributed by atoms with Crippen LogP contribution in [0.1, 0.15) is 84.1 Å². The van der Waals surface area contributed by atoms with Gasteiger partial charge < -0.3 is 14.9 Å². The summed E-state index contributed by atoms with van der Waals surface area (Å²) >= 11 is 0. The van der Waals surface area contributed by atoms with Gasteiger partial charge in [0.15, 0.2) is 0 Å². The van der Waals surface area contributed by atoms with Crippen LogP contribution >= 0.6 is 0 Å². The number of hydrogen-bond donors (Lipinski definition) is 1. The Labute approximate surface area is 194 Å². The predicted molar refractivity (Wildman–Crippen MR) is 128 cm³/mol. The van der Waals surface area contributed by atoms with Gasteiger partial charge in [0.25, 0.3) is 0 Å². The smallest absolute Gasteiger partial charge is 0.326 e. The van der Waals surface area contributed by atoms with Crippen LogP contribution in [-0.2, 0) is 20.8 Å². The SMILES string of the molecule is CCCCCCCC(=O)N(CCC)CCC(=O)N(CCC)[C@@H](Cc1ccccc1)C(=O)O. The highest BCUT2D eigenvalue weighted by molar-refractivity contribution is 5.84. The summed E-state index contributed by atoms with van der Waals surface area (Å²) < 4.78 is 0. The van der Waals surface area contributed by atoms with Gasteiger partial charge in [0.2, 0.25) is 11.8 Å². The van der Waals surface area contributed by atoms with Crippen LogP contribution in [0.5, 0.6) is 0 Å². The Morgan fingerprint density at radius 2 is 1.44 bits per heavy atom. The third-order valence-corrected chi connectivity index (χ3v) is 5.65. The van der Waals surface area contributed by atoms with E-state index in [1.54, 1.807) is 4.90 Å². The molecular formula is C26H42N2O4. The van der Waals surface area contributed by atoms with Gasteiger partial charge >= 0.3 is 5.97 Å². The summed E-state index contributed by atoms with van der Waals surface area (Å²) in [5.41, 5.74) is 0.889. The molecule has 0 fully saturated rings. The lowest BCUT2D eigenvalue weighted by atomic mass is 10.0. The maximum Gasteiger partial charge on any atom is 0.326 e. The van der Waals surface area contributed by atoms with Gasteiger partial charge in [-0.05, 0) is 24.8 Å². The van der Waals surface area contributed by atoms with E-state index in [0.29, 0.717) is 32.5 Å². The predicted octanol–water partition coefficient (Wildman–Crippen LogP) is 4.91. The second-order valence-electron chi connectivity index (χ2n) is 8.43. The summed E-state index contributed by atoms with van der Waals surface area (Å²) in [4.78, 5) is 41.0. The lowest BCUT2D eigenvalue weighted by Crippen LogP contribution is -2.48. The maximum absolute atomic E-state index is 13.1. The Hall–Kier alpha value is -2.37. The van der Waals surface area contributed by atoms with Crippen molar-refractivity contribution < 1.29 is 19.5 Å². The molecule has 1 aromatic carbocycles. The normalized spacial score (nSPS) is 11.7. The van der Waals surface area contributed by atoms with Gasteiger partial charge in [-0.15, -0.1) is 0 Å². The van der Waals surface area contributed by atoms with Crippen LogP contribution < -0.4 is 0 Å². The van der Waals surface area contributed by atoms with E-state index in [1.165, 1.54) is 17.7 Å². The molecule has 1 atom stereocenters. The summed E-state index contributed by atoms with van der Waals surface area (Å²) in [5.74, 6) is -1.10. The van der Waals surface area contributed by atoms with Gasteiger partial charge in [-0.3, -0.25) is 9.59 Å². The van der Waals surface area contributed by atoms with E-state index in [-0.39, 0.29) is 24.7 Å². The molecule has 0 aliphatic rings. The third-order valence-electron chi connectivity index (χ3n) is 5.65. The minimum Gasteiger partial charge on any atom is -0.480 e. The molecule has 0 saturated heterocycles. The van der Waals surface area contributed by atoms with Crippen molar-refractivity contribution in [3.8, 4) is 0 Å². The maximum atomic E-state index is 13.1. The van der Waals surface area contributed by atoms with Crippen LogP contribution in [0.25, 0.3) is 0 Å². The number of aliphatic carboxylic acids is 1. The number of benzene rings is 1. The van der Waals surface area contributed by atoms with Gasteiger partial charge in [0, 0.05) is 38.9 Å². The molecule has 0 aliphatic heterocycles. The van der Waals surface area contributed by atoms with E-state index in [0.717, 1.165) is 31.2 Å². The molecular weight excluding hydrogens is 404 g/mol. The summed E-state index contributed by atoms with van der Waals surface area (Å²) in [5, 5.41) is 9.83.